The second kappa shape index (κ2) is 8.34. The lowest BCUT2D eigenvalue weighted by Gasteiger charge is -2.22. The number of anilines is 1. The van der Waals surface area contributed by atoms with Gasteiger partial charge in [0.25, 0.3) is 5.91 Å². The van der Waals surface area contributed by atoms with E-state index < -0.39 is 5.97 Å². The van der Waals surface area contributed by atoms with Crippen LogP contribution >= 0.6 is 0 Å². The van der Waals surface area contributed by atoms with Crippen molar-refractivity contribution >= 4 is 24.0 Å². The van der Waals surface area contributed by atoms with Crippen molar-refractivity contribution in [2.24, 2.45) is 7.05 Å². The zero-order chi connectivity index (χ0) is 22.0. The molecule has 158 valence electrons. The molecule has 31 heavy (non-hydrogen) atoms. The number of aromatic nitrogens is 4. The standard InChI is InChI=1S/C21H20N6O4/c1-25-23-19(22-24-25)14-4-3-5-17(10-14)27(13-28)9-8-26-12-16-7-6-15(21(30)31-2)11-18(16)20(26)29/h3-7,10-11,13H,8-9,12H2,1-2H3. The van der Waals surface area contributed by atoms with E-state index >= 15 is 0 Å². The normalized spacial score (nSPS) is 12.6. The Morgan fingerprint density at radius 2 is 2.10 bits per heavy atom. The summed E-state index contributed by atoms with van der Waals surface area (Å²) < 4.78 is 4.72. The molecule has 0 aliphatic carbocycles. The first kappa shape index (κ1) is 20.2. The van der Waals surface area contributed by atoms with Crippen LogP contribution in [0.25, 0.3) is 11.4 Å². The molecule has 2 amide bonds. The Labute approximate surface area is 178 Å². The molecular weight excluding hydrogens is 400 g/mol. The van der Waals surface area contributed by atoms with Gasteiger partial charge in [-0.25, -0.2) is 4.79 Å². The van der Waals surface area contributed by atoms with Gasteiger partial charge in [-0.05, 0) is 35.0 Å². The van der Waals surface area contributed by atoms with E-state index in [1.807, 2.05) is 12.1 Å². The van der Waals surface area contributed by atoms with E-state index in [1.54, 1.807) is 42.3 Å². The molecule has 0 fully saturated rings. The van der Waals surface area contributed by atoms with E-state index in [2.05, 4.69) is 15.4 Å². The molecule has 10 heteroatoms. The van der Waals surface area contributed by atoms with Crippen molar-refractivity contribution in [3.05, 3.63) is 59.2 Å². The van der Waals surface area contributed by atoms with Crippen LogP contribution in [0.4, 0.5) is 5.69 Å². The van der Waals surface area contributed by atoms with Gasteiger partial charge in [0.2, 0.25) is 12.2 Å². The van der Waals surface area contributed by atoms with E-state index in [1.165, 1.54) is 16.8 Å². The molecule has 10 nitrogen and oxygen atoms in total. The summed E-state index contributed by atoms with van der Waals surface area (Å²) in [6.07, 6.45) is 0.728. The Balaban J connectivity index is 1.46. The van der Waals surface area contributed by atoms with Crippen molar-refractivity contribution in [3.8, 4) is 11.4 Å². The van der Waals surface area contributed by atoms with Crippen LogP contribution in [0.5, 0.6) is 0 Å². The van der Waals surface area contributed by atoms with Crippen LogP contribution < -0.4 is 4.90 Å². The molecule has 1 aliphatic rings. The molecule has 4 rings (SSSR count). The predicted molar refractivity (Wildman–Crippen MR) is 110 cm³/mol. The van der Waals surface area contributed by atoms with Gasteiger partial charge in [-0.15, -0.1) is 10.2 Å². The molecule has 0 atom stereocenters. The number of esters is 1. The number of amides is 2. The Morgan fingerprint density at radius 3 is 2.81 bits per heavy atom. The Morgan fingerprint density at radius 1 is 1.26 bits per heavy atom. The smallest absolute Gasteiger partial charge is 0.337 e. The highest BCUT2D eigenvalue weighted by Crippen LogP contribution is 2.25. The van der Waals surface area contributed by atoms with Crippen LogP contribution in [0.1, 0.15) is 26.3 Å². The number of hydrogen-bond acceptors (Lipinski definition) is 7. The summed E-state index contributed by atoms with van der Waals surface area (Å²) in [5.74, 6) is -0.204. The van der Waals surface area contributed by atoms with E-state index in [0.29, 0.717) is 42.3 Å². The zero-order valence-electron chi connectivity index (χ0n) is 17.1. The van der Waals surface area contributed by atoms with Crippen LogP contribution in [-0.4, -0.2) is 63.6 Å². The van der Waals surface area contributed by atoms with E-state index in [9.17, 15) is 14.4 Å². The molecule has 0 N–H and O–H groups in total. The molecule has 3 aromatic rings. The van der Waals surface area contributed by atoms with Crippen LogP contribution in [0, 0.1) is 0 Å². The predicted octanol–water partition coefficient (Wildman–Crippen LogP) is 1.28. The molecule has 0 radical (unpaired) electrons. The molecule has 0 unspecified atom stereocenters. The quantitative estimate of drug-likeness (QED) is 0.418. The van der Waals surface area contributed by atoms with Gasteiger partial charge in [-0.1, -0.05) is 18.2 Å². The second-order valence-corrected chi connectivity index (χ2v) is 7.04. The third-order valence-electron chi connectivity index (χ3n) is 5.09. The summed E-state index contributed by atoms with van der Waals surface area (Å²) in [5, 5.41) is 12.0. The van der Waals surface area contributed by atoms with Crippen molar-refractivity contribution in [2.75, 3.05) is 25.1 Å². The van der Waals surface area contributed by atoms with Gasteiger partial charge in [0, 0.05) is 36.4 Å². The maximum atomic E-state index is 12.8. The molecule has 2 heterocycles. The molecule has 0 spiro atoms. The molecule has 0 saturated heterocycles. The number of nitrogens with zero attached hydrogens (tertiary/aromatic N) is 6. The van der Waals surface area contributed by atoms with Crippen molar-refractivity contribution in [1.29, 1.82) is 0 Å². The number of carbonyl (C=O) groups is 3. The van der Waals surface area contributed by atoms with Crippen LogP contribution in [0.2, 0.25) is 0 Å². The first-order chi connectivity index (χ1) is 15.0. The van der Waals surface area contributed by atoms with Gasteiger partial charge in [0.05, 0.1) is 19.7 Å². The van der Waals surface area contributed by atoms with Crippen molar-refractivity contribution in [2.45, 2.75) is 6.54 Å². The van der Waals surface area contributed by atoms with Gasteiger partial charge in [0.1, 0.15) is 0 Å². The minimum Gasteiger partial charge on any atom is -0.465 e. The number of benzene rings is 2. The van der Waals surface area contributed by atoms with Gasteiger partial charge in [-0.2, -0.15) is 4.80 Å². The van der Waals surface area contributed by atoms with Gasteiger partial charge < -0.3 is 14.5 Å². The first-order valence-corrected chi connectivity index (χ1v) is 9.57. The monoisotopic (exact) mass is 420 g/mol. The SMILES string of the molecule is COC(=O)c1ccc2c(c1)C(=O)N(CCN(C=O)c1cccc(-c3nnn(C)n3)c1)C2. The molecule has 0 bridgehead atoms. The fourth-order valence-electron chi connectivity index (χ4n) is 3.48. The number of tetrazole rings is 1. The van der Waals surface area contributed by atoms with Gasteiger partial charge in [0.15, 0.2) is 0 Å². The summed E-state index contributed by atoms with van der Waals surface area (Å²) in [5.41, 5.74) is 3.05. The molecule has 1 aromatic heterocycles. The average molecular weight is 420 g/mol. The molecule has 2 aromatic carbocycles. The van der Waals surface area contributed by atoms with Gasteiger partial charge in [-0.3, -0.25) is 9.59 Å². The number of methoxy groups -OCH3 is 1. The lowest BCUT2D eigenvalue weighted by atomic mass is 10.1. The number of aryl methyl sites for hydroxylation is 1. The third kappa shape index (κ3) is 4.00. The van der Waals surface area contributed by atoms with E-state index in [0.717, 1.165) is 17.5 Å². The summed E-state index contributed by atoms with van der Waals surface area (Å²) in [6, 6.07) is 12.2. The second-order valence-electron chi connectivity index (χ2n) is 7.04. The van der Waals surface area contributed by atoms with Crippen LogP contribution in [0.3, 0.4) is 0 Å². The first-order valence-electron chi connectivity index (χ1n) is 9.57. The fraction of sp³-hybridized carbons (Fsp3) is 0.238. The summed E-state index contributed by atoms with van der Waals surface area (Å²) in [4.78, 5) is 40.8. The number of rotatable bonds is 7. The zero-order valence-corrected chi connectivity index (χ0v) is 17.1. The number of hydrogen-bond donors (Lipinski definition) is 0. The third-order valence-corrected chi connectivity index (χ3v) is 5.09. The molecule has 0 saturated carbocycles. The van der Waals surface area contributed by atoms with Crippen LogP contribution in [0.15, 0.2) is 42.5 Å². The summed E-state index contributed by atoms with van der Waals surface area (Å²) in [7, 11) is 2.98. The number of fused-ring (bicyclic) bond motifs is 1. The maximum absolute atomic E-state index is 12.8. The Hall–Kier alpha value is -4.08. The Kier molecular flexibility index (Phi) is 5.44. The number of carbonyl (C=O) groups excluding carboxylic acids is 3. The minimum absolute atomic E-state index is 0.177. The lowest BCUT2D eigenvalue weighted by molar-refractivity contribution is -0.107. The van der Waals surface area contributed by atoms with E-state index in [-0.39, 0.29) is 5.91 Å². The van der Waals surface area contributed by atoms with E-state index in [4.69, 9.17) is 4.74 Å². The van der Waals surface area contributed by atoms with Crippen molar-refractivity contribution < 1.29 is 19.1 Å². The maximum Gasteiger partial charge on any atom is 0.337 e. The highest BCUT2D eigenvalue weighted by atomic mass is 16.5. The summed E-state index contributed by atoms with van der Waals surface area (Å²) >= 11 is 0. The average Bonchev–Trinajstić information content (AvgIpc) is 3.37. The molecule has 1 aliphatic heterocycles. The topological polar surface area (TPSA) is 111 Å². The number of ether oxygens (including phenoxy) is 1. The Bertz CT molecular complexity index is 1160. The molecular formula is C21H20N6O4. The van der Waals surface area contributed by atoms with Gasteiger partial charge >= 0.3 is 5.97 Å². The highest BCUT2D eigenvalue weighted by molar-refractivity contribution is 6.01. The fourth-order valence-corrected chi connectivity index (χ4v) is 3.48. The lowest BCUT2D eigenvalue weighted by Crippen LogP contribution is -2.34. The largest absolute Gasteiger partial charge is 0.465 e. The van der Waals surface area contributed by atoms with Crippen LogP contribution in [-0.2, 0) is 23.1 Å². The highest BCUT2D eigenvalue weighted by Gasteiger charge is 2.28. The van der Waals surface area contributed by atoms with Crippen molar-refractivity contribution in [1.82, 2.24) is 25.1 Å². The van der Waals surface area contributed by atoms with Crippen molar-refractivity contribution in [3.63, 3.8) is 0 Å². The summed E-state index contributed by atoms with van der Waals surface area (Å²) in [6.45, 7) is 1.07. The minimum atomic E-state index is -0.487.